The molecule has 0 saturated heterocycles. The zero-order chi connectivity index (χ0) is 11.4. The van der Waals surface area contributed by atoms with Crippen LogP contribution in [0.4, 0.5) is 0 Å². The lowest BCUT2D eigenvalue weighted by molar-refractivity contribution is 0.0964. The molecular weight excluding hydrogens is 204 g/mol. The number of rotatable bonds is 3. The first-order valence-electron chi connectivity index (χ1n) is 5.88. The molecule has 4 heteroatoms. The second-order valence-corrected chi connectivity index (χ2v) is 4.42. The number of aliphatic hydroxyl groups is 1. The Balaban J connectivity index is 2.01. The van der Waals surface area contributed by atoms with Gasteiger partial charge in [-0.1, -0.05) is 13.3 Å². The van der Waals surface area contributed by atoms with Crippen molar-refractivity contribution in [2.45, 2.75) is 45.3 Å². The summed E-state index contributed by atoms with van der Waals surface area (Å²) < 4.78 is 5.83. The molecular formula is C12H18N2O2. The molecule has 1 N–H and O–H groups in total. The van der Waals surface area contributed by atoms with Crippen molar-refractivity contribution >= 4 is 0 Å². The SMILES string of the molecule is CC1CCCCC1Oc1cncc(CO)n1. The zero-order valence-electron chi connectivity index (χ0n) is 9.59. The predicted octanol–water partition coefficient (Wildman–Crippen LogP) is 1.93. The largest absolute Gasteiger partial charge is 0.473 e. The Morgan fingerprint density at radius 2 is 2.19 bits per heavy atom. The highest BCUT2D eigenvalue weighted by atomic mass is 16.5. The van der Waals surface area contributed by atoms with E-state index in [0.29, 0.717) is 17.5 Å². The number of hydrogen-bond donors (Lipinski definition) is 1. The van der Waals surface area contributed by atoms with Gasteiger partial charge in [0.2, 0.25) is 5.88 Å². The smallest absolute Gasteiger partial charge is 0.232 e. The molecule has 0 amide bonds. The molecule has 1 aliphatic carbocycles. The average Bonchev–Trinajstić information content (AvgIpc) is 2.32. The van der Waals surface area contributed by atoms with Crippen LogP contribution in [0.2, 0.25) is 0 Å². The van der Waals surface area contributed by atoms with Gasteiger partial charge in [-0.15, -0.1) is 0 Å². The van der Waals surface area contributed by atoms with Crippen molar-refractivity contribution in [2.24, 2.45) is 5.92 Å². The maximum absolute atomic E-state index is 8.96. The minimum atomic E-state index is -0.0928. The van der Waals surface area contributed by atoms with Gasteiger partial charge in [-0.3, -0.25) is 4.98 Å². The van der Waals surface area contributed by atoms with Gasteiger partial charge in [0, 0.05) is 0 Å². The highest BCUT2D eigenvalue weighted by Crippen LogP contribution is 2.27. The molecule has 0 aromatic carbocycles. The quantitative estimate of drug-likeness (QED) is 0.849. The summed E-state index contributed by atoms with van der Waals surface area (Å²) >= 11 is 0. The Kier molecular flexibility index (Phi) is 3.72. The molecule has 1 heterocycles. The van der Waals surface area contributed by atoms with Crippen LogP contribution in [0.1, 0.15) is 38.3 Å². The fourth-order valence-corrected chi connectivity index (χ4v) is 2.13. The normalized spacial score (nSPS) is 25.4. The minimum Gasteiger partial charge on any atom is -0.473 e. The van der Waals surface area contributed by atoms with Crippen LogP contribution in [-0.2, 0) is 6.61 Å². The molecule has 1 fully saturated rings. The Bertz CT molecular complexity index is 344. The fourth-order valence-electron chi connectivity index (χ4n) is 2.13. The maximum Gasteiger partial charge on any atom is 0.232 e. The van der Waals surface area contributed by atoms with E-state index in [1.807, 2.05) is 0 Å². The summed E-state index contributed by atoms with van der Waals surface area (Å²) in [6, 6.07) is 0. The molecule has 0 aliphatic heterocycles. The Labute approximate surface area is 95.7 Å². The summed E-state index contributed by atoms with van der Waals surface area (Å²) in [5.74, 6) is 1.11. The van der Waals surface area contributed by atoms with Gasteiger partial charge in [-0.05, 0) is 25.2 Å². The molecule has 0 spiro atoms. The summed E-state index contributed by atoms with van der Waals surface area (Å²) in [6.45, 7) is 2.12. The number of nitrogens with zero attached hydrogens (tertiary/aromatic N) is 2. The molecule has 4 nitrogen and oxygen atoms in total. The first kappa shape index (κ1) is 11.3. The summed E-state index contributed by atoms with van der Waals surface area (Å²) in [4.78, 5) is 8.18. The van der Waals surface area contributed by atoms with Crippen LogP contribution >= 0.6 is 0 Å². The van der Waals surface area contributed by atoms with Crippen LogP contribution in [0.3, 0.4) is 0 Å². The summed E-state index contributed by atoms with van der Waals surface area (Å²) in [5.41, 5.74) is 0.556. The second kappa shape index (κ2) is 5.25. The van der Waals surface area contributed by atoms with E-state index in [0.717, 1.165) is 6.42 Å². The Hall–Kier alpha value is -1.16. The van der Waals surface area contributed by atoms with E-state index in [-0.39, 0.29) is 12.7 Å². The van der Waals surface area contributed by atoms with Crippen LogP contribution in [0.5, 0.6) is 5.88 Å². The molecule has 1 aliphatic rings. The van der Waals surface area contributed by atoms with Crippen molar-refractivity contribution in [3.8, 4) is 5.88 Å². The highest BCUT2D eigenvalue weighted by molar-refractivity contribution is 5.08. The van der Waals surface area contributed by atoms with E-state index >= 15 is 0 Å². The average molecular weight is 222 g/mol. The third-order valence-corrected chi connectivity index (χ3v) is 3.13. The molecule has 0 bridgehead atoms. The van der Waals surface area contributed by atoms with Crippen molar-refractivity contribution < 1.29 is 9.84 Å². The van der Waals surface area contributed by atoms with E-state index in [2.05, 4.69) is 16.9 Å². The van der Waals surface area contributed by atoms with E-state index in [4.69, 9.17) is 9.84 Å². The van der Waals surface area contributed by atoms with Crippen molar-refractivity contribution in [1.82, 2.24) is 9.97 Å². The number of aliphatic hydroxyl groups excluding tert-OH is 1. The number of ether oxygens (including phenoxy) is 1. The van der Waals surface area contributed by atoms with Crippen LogP contribution in [-0.4, -0.2) is 21.2 Å². The van der Waals surface area contributed by atoms with Gasteiger partial charge in [0.05, 0.1) is 24.7 Å². The third kappa shape index (κ3) is 2.70. The molecule has 1 aromatic heterocycles. The van der Waals surface area contributed by atoms with Crippen molar-refractivity contribution in [3.05, 3.63) is 18.1 Å². The predicted molar refractivity (Wildman–Crippen MR) is 60.0 cm³/mol. The maximum atomic E-state index is 8.96. The topological polar surface area (TPSA) is 55.2 Å². The van der Waals surface area contributed by atoms with Gasteiger partial charge in [-0.2, -0.15) is 0 Å². The molecule has 2 rings (SSSR count). The zero-order valence-corrected chi connectivity index (χ0v) is 9.59. The summed E-state index contributed by atoms with van der Waals surface area (Å²) in [7, 11) is 0. The van der Waals surface area contributed by atoms with Crippen LogP contribution in [0.25, 0.3) is 0 Å². The lowest BCUT2D eigenvalue weighted by atomic mass is 9.88. The van der Waals surface area contributed by atoms with E-state index in [1.165, 1.54) is 19.3 Å². The minimum absolute atomic E-state index is 0.0928. The first-order valence-corrected chi connectivity index (χ1v) is 5.88. The second-order valence-electron chi connectivity index (χ2n) is 4.42. The van der Waals surface area contributed by atoms with Gasteiger partial charge < -0.3 is 9.84 Å². The van der Waals surface area contributed by atoms with Gasteiger partial charge in [0.25, 0.3) is 0 Å². The van der Waals surface area contributed by atoms with Crippen molar-refractivity contribution in [2.75, 3.05) is 0 Å². The standard InChI is InChI=1S/C12H18N2O2/c1-9-4-2-3-5-11(9)16-12-7-13-6-10(8-15)14-12/h6-7,9,11,15H,2-5,8H2,1H3. The number of aromatic nitrogens is 2. The monoisotopic (exact) mass is 222 g/mol. The fraction of sp³-hybridized carbons (Fsp3) is 0.667. The van der Waals surface area contributed by atoms with Gasteiger partial charge in [0.15, 0.2) is 0 Å². The van der Waals surface area contributed by atoms with E-state index in [9.17, 15) is 0 Å². The van der Waals surface area contributed by atoms with E-state index < -0.39 is 0 Å². The number of hydrogen-bond acceptors (Lipinski definition) is 4. The Morgan fingerprint density at radius 1 is 1.38 bits per heavy atom. The highest BCUT2D eigenvalue weighted by Gasteiger charge is 2.23. The summed E-state index contributed by atoms with van der Waals surface area (Å²) in [6.07, 6.45) is 8.24. The van der Waals surface area contributed by atoms with Crippen LogP contribution in [0.15, 0.2) is 12.4 Å². The first-order chi connectivity index (χ1) is 7.79. The van der Waals surface area contributed by atoms with Crippen LogP contribution in [0, 0.1) is 5.92 Å². The van der Waals surface area contributed by atoms with Crippen molar-refractivity contribution in [3.63, 3.8) is 0 Å². The molecule has 2 atom stereocenters. The lowest BCUT2D eigenvalue weighted by Crippen LogP contribution is -2.28. The van der Waals surface area contributed by atoms with Gasteiger partial charge >= 0.3 is 0 Å². The molecule has 1 saturated carbocycles. The molecule has 0 radical (unpaired) electrons. The van der Waals surface area contributed by atoms with E-state index in [1.54, 1.807) is 12.4 Å². The lowest BCUT2D eigenvalue weighted by Gasteiger charge is -2.28. The van der Waals surface area contributed by atoms with Crippen LogP contribution < -0.4 is 4.74 Å². The Morgan fingerprint density at radius 3 is 2.94 bits per heavy atom. The molecule has 2 unspecified atom stereocenters. The van der Waals surface area contributed by atoms with Gasteiger partial charge in [-0.25, -0.2) is 4.98 Å². The molecule has 16 heavy (non-hydrogen) atoms. The van der Waals surface area contributed by atoms with Crippen molar-refractivity contribution in [1.29, 1.82) is 0 Å². The van der Waals surface area contributed by atoms with Gasteiger partial charge in [0.1, 0.15) is 6.10 Å². The third-order valence-electron chi connectivity index (χ3n) is 3.13. The molecule has 88 valence electrons. The molecule has 1 aromatic rings. The summed E-state index contributed by atoms with van der Waals surface area (Å²) in [5, 5.41) is 8.96.